The van der Waals surface area contributed by atoms with Crippen LogP contribution in [0.3, 0.4) is 0 Å². The molecule has 0 N–H and O–H groups in total. The van der Waals surface area contributed by atoms with Crippen LogP contribution in [0.2, 0.25) is 0 Å². The molecule has 0 spiro atoms. The van der Waals surface area contributed by atoms with Gasteiger partial charge in [0.05, 0.1) is 12.2 Å². The smallest absolute Gasteiger partial charge is 0.292 e. The molecule has 0 aliphatic heterocycles. The molecule has 0 amide bonds. The van der Waals surface area contributed by atoms with Crippen LogP contribution in [0.4, 0.5) is 0 Å². The number of ketones is 1. The van der Waals surface area contributed by atoms with Crippen molar-refractivity contribution in [2.24, 2.45) is 0 Å². The van der Waals surface area contributed by atoms with E-state index in [1.54, 1.807) is 12.1 Å². The van der Waals surface area contributed by atoms with Gasteiger partial charge in [-0.05, 0) is 32.4 Å². The van der Waals surface area contributed by atoms with E-state index in [2.05, 4.69) is 0 Å². The van der Waals surface area contributed by atoms with Gasteiger partial charge >= 0.3 is 0 Å². The van der Waals surface area contributed by atoms with Crippen molar-refractivity contribution in [3.8, 4) is 0 Å². The molecule has 1 aliphatic rings. The van der Waals surface area contributed by atoms with E-state index in [0.29, 0.717) is 12.2 Å². The first-order chi connectivity index (χ1) is 8.89. The van der Waals surface area contributed by atoms with Gasteiger partial charge in [0.15, 0.2) is 0 Å². The molecule has 2 rings (SSSR count). The van der Waals surface area contributed by atoms with Gasteiger partial charge in [-0.15, -0.1) is 0 Å². The average molecular weight is 263 g/mol. The van der Waals surface area contributed by atoms with Crippen LogP contribution in [0.15, 0.2) is 34.0 Å². The van der Waals surface area contributed by atoms with Crippen LogP contribution in [0.25, 0.3) is 0 Å². The second-order valence-corrected chi connectivity index (χ2v) is 5.25. The maximum atomic E-state index is 12.0. The Hall–Kier alpha value is -1.91. The molecule has 2 atom stereocenters. The van der Waals surface area contributed by atoms with Gasteiger partial charge in [-0.25, -0.2) is 0 Å². The first kappa shape index (κ1) is 13.5. The molecule has 1 heterocycles. The highest BCUT2D eigenvalue weighted by atomic mass is 16.6. The first-order valence-electron chi connectivity index (χ1n) is 6.23. The monoisotopic (exact) mass is 263 g/mol. The SMILES string of the molecule is CC(=O)C1([N+](=O)[O-])CC(C)=C(C)CC1c1ccco1. The summed E-state index contributed by atoms with van der Waals surface area (Å²) >= 11 is 0. The molecule has 1 aromatic heterocycles. The molecule has 5 nitrogen and oxygen atoms in total. The lowest BCUT2D eigenvalue weighted by molar-refractivity contribution is -0.557. The Morgan fingerprint density at radius 1 is 1.47 bits per heavy atom. The van der Waals surface area contributed by atoms with E-state index in [1.165, 1.54) is 13.2 Å². The van der Waals surface area contributed by atoms with Crippen molar-refractivity contribution in [2.45, 2.75) is 45.1 Å². The highest BCUT2D eigenvalue weighted by molar-refractivity contribution is 5.86. The Kier molecular flexibility index (Phi) is 3.30. The summed E-state index contributed by atoms with van der Waals surface area (Å²) in [6, 6.07) is 3.40. The summed E-state index contributed by atoms with van der Waals surface area (Å²) in [6.45, 7) is 5.11. The van der Waals surface area contributed by atoms with E-state index < -0.39 is 22.2 Å². The summed E-state index contributed by atoms with van der Waals surface area (Å²) in [5, 5.41) is 11.6. The predicted molar refractivity (Wildman–Crippen MR) is 69.5 cm³/mol. The van der Waals surface area contributed by atoms with Gasteiger partial charge in [-0.3, -0.25) is 14.9 Å². The summed E-state index contributed by atoms with van der Waals surface area (Å²) in [6.07, 6.45) is 2.13. The van der Waals surface area contributed by atoms with Gasteiger partial charge in [0, 0.05) is 18.3 Å². The summed E-state index contributed by atoms with van der Waals surface area (Å²) in [5.74, 6) is -0.428. The average Bonchev–Trinajstić information content (AvgIpc) is 2.84. The Morgan fingerprint density at radius 3 is 2.63 bits per heavy atom. The number of rotatable bonds is 3. The Labute approximate surface area is 111 Å². The third-order valence-corrected chi connectivity index (χ3v) is 4.17. The zero-order valence-corrected chi connectivity index (χ0v) is 11.3. The number of carbonyl (C=O) groups is 1. The molecule has 1 aliphatic carbocycles. The molecular weight excluding hydrogens is 246 g/mol. The van der Waals surface area contributed by atoms with Crippen molar-refractivity contribution in [1.82, 2.24) is 0 Å². The maximum absolute atomic E-state index is 12.0. The fraction of sp³-hybridized carbons (Fsp3) is 0.500. The molecular formula is C14H17NO4. The summed E-state index contributed by atoms with van der Waals surface area (Å²) < 4.78 is 5.33. The van der Waals surface area contributed by atoms with Gasteiger partial charge in [-0.1, -0.05) is 11.1 Å². The molecule has 0 radical (unpaired) electrons. The molecule has 0 saturated carbocycles. The summed E-state index contributed by atoms with van der Waals surface area (Å²) in [5.41, 5.74) is 0.427. The lowest BCUT2D eigenvalue weighted by Crippen LogP contribution is -2.52. The molecule has 1 aromatic rings. The Balaban J connectivity index is 2.60. The van der Waals surface area contributed by atoms with Crippen LogP contribution in [-0.4, -0.2) is 16.2 Å². The number of allylic oxidation sites excluding steroid dienone is 1. The van der Waals surface area contributed by atoms with Crippen molar-refractivity contribution in [3.63, 3.8) is 0 Å². The molecule has 102 valence electrons. The van der Waals surface area contributed by atoms with E-state index in [9.17, 15) is 14.9 Å². The normalized spacial score (nSPS) is 27.4. The van der Waals surface area contributed by atoms with Crippen molar-refractivity contribution in [1.29, 1.82) is 0 Å². The number of hydrogen-bond acceptors (Lipinski definition) is 4. The molecule has 19 heavy (non-hydrogen) atoms. The third kappa shape index (κ3) is 1.99. The van der Waals surface area contributed by atoms with Crippen molar-refractivity contribution >= 4 is 5.78 Å². The lowest BCUT2D eigenvalue weighted by Gasteiger charge is -2.34. The van der Waals surface area contributed by atoms with Crippen molar-refractivity contribution in [3.05, 3.63) is 45.4 Å². The maximum Gasteiger partial charge on any atom is 0.292 e. The molecule has 0 fully saturated rings. The molecule has 2 unspecified atom stereocenters. The lowest BCUT2D eigenvalue weighted by atomic mass is 9.68. The minimum absolute atomic E-state index is 0.159. The number of hydrogen-bond donors (Lipinski definition) is 0. The van der Waals surface area contributed by atoms with Crippen LogP contribution in [0.1, 0.15) is 45.3 Å². The fourth-order valence-electron chi connectivity index (χ4n) is 2.84. The number of nitro groups is 1. The third-order valence-electron chi connectivity index (χ3n) is 4.17. The van der Waals surface area contributed by atoms with Gasteiger partial charge in [-0.2, -0.15) is 0 Å². The van der Waals surface area contributed by atoms with E-state index in [4.69, 9.17) is 4.42 Å². The Morgan fingerprint density at radius 2 is 2.16 bits per heavy atom. The van der Waals surface area contributed by atoms with Crippen molar-refractivity contribution in [2.75, 3.05) is 0 Å². The largest absolute Gasteiger partial charge is 0.469 e. The number of carbonyl (C=O) groups excluding carboxylic acids is 1. The number of nitrogens with zero attached hydrogens (tertiary/aromatic N) is 1. The number of furan rings is 1. The molecule has 0 aromatic carbocycles. The van der Waals surface area contributed by atoms with E-state index in [1.807, 2.05) is 13.8 Å². The standard InChI is InChI=1S/C14H17NO4/c1-9-7-12(13-5-4-6-19-13)14(11(3)16,15(17)18)8-10(9)2/h4-6,12H,7-8H2,1-3H3. The second-order valence-electron chi connectivity index (χ2n) is 5.25. The quantitative estimate of drug-likeness (QED) is 0.477. The zero-order chi connectivity index (χ0) is 14.2. The van der Waals surface area contributed by atoms with Crippen molar-refractivity contribution < 1.29 is 14.1 Å². The van der Waals surface area contributed by atoms with E-state index in [0.717, 1.165) is 11.1 Å². The topological polar surface area (TPSA) is 73.3 Å². The van der Waals surface area contributed by atoms with Crippen LogP contribution >= 0.6 is 0 Å². The van der Waals surface area contributed by atoms with Gasteiger partial charge in [0.2, 0.25) is 5.78 Å². The van der Waals surface area contributed by atoms with Crippen LogP contribution < -0.4 is 0 Å². The zero-order valence-electron chi connectivity index (χ0n) is 11.3. The van der Waals surface area contributed by atoms with Gasteiger partial charge in [0.1, 0.15) is 5.76 Å². The second kappa shape index (κ2) is 4.64. The summed E-state index contributed by atoms with van der Waals surface area (Å²) in [7, 11) is 0. The predicted octanol–water partition coefficient (Wildman–Crippen LogP) is 3.10. The van der Waals surface area contributed by atoms with E-state index >= 15 is 0 Å². The summed E-state index contributed by atoms with van der Waals surface area (Å²) in [4.78, 5) is 23.2. The van der Waals surface area contributed by atoms with Gasteiger partial charge < -0.3 is 4.42 Å². The fourth-order valence-corrected chi connectivity index (χ4v) is 2.84. The highest BCUT2D eigenvalue weighted by Crippen LogP contribution is 2.45. The first-order valence-corrected chi connectivity index (χ1v) is 6.23. The van der Waals surface area contributed by atoms with E-state index in [-0.39, 0.29) is 6.42 Å². The van der Waals surface area contributed by atoms with Crippen LogP contribution in [0.5, 0.6) is 0 Å². The minimum atomic E-state index is -1.60. The minimum Gasteiger partial charge on any atom is -0.469 e. The highest BCUT2D eigenvalue weighted by Gasteiger charge is 2.58. The van der Waals surface area contributed by atoms with Gasteiger partial charge in [0.25, 0.3) is 5.54 Å². The van der Waals surface area contributed by atoms with Crippen LogP contribution in [-0.2, 0) is 4.79 Å². The van der Waals surface area contributed by atoms with Crippen LogP contribution in [0, 0.1) is 10.1 Å². The molecule has 0 saturated heterocycles. The molecule has 0 bridgehead atoms. The Bertz CT molecular complexity index is 528. The number of Topliss-reactive ketones (excluding diaryl/α,β-unsaturated/α-hetero) is 1. The molecule has 5 heteroatoms.